The van der Waals surface area contributed by atoms with Crippen molar-refractivity contribution in [2.45, 2.75) is 6.92 Å². The van der Waals surface area contributed by atoms with E-state index in [-0.39, 0.29) is 0 Å². The lowest BCUT2D eigenvalue weighted by Gasteiger charge is -2.03. The van der Waals surface area contributed by atoms with Gasteiger partial charge in [0.1, 0.15) is 0 Å². The molecule has 0 unspecified atom stereocenters. The molecule has 2 rings (SSSR count). The van der Waals surface area contributed by atoms with E-state index in [9.17, 15) is 0 Å². The molecule has 0 aliphatic rings. The topological polar surface area (TPSA) is 17.8 Å². The summed E-state index contributed by atoms with van der Waals surface area (Å²) in [6.07, 6.45) is 9.01. The van der Waals surface area contributed by atoms with Crippen molar-refractivity contribution in [3.63, 3.8) is 0 Å². The molecule has 0 fully saturated rings. The highest BCUT2D eigenvalue weighted by Gasteiger charge is 1.99. The molecule has 1 heterocycles. The van der Waals surface area contributed by atoms with E-state index in [1.807, 2.05) is 42.1 Å². The molecule has 0 aliphatic carbocycles. The average Bonchev–Trinajstić information content (AvgIpc) is 2.70. The number of benzene rings is 1. The Labute approximate surface area is 83.2 Å². The summed E-state index contributed by atoms with van der Waals surface area (Å²) in [5.41, 5.74) is 3.06. The lowest BCUT2D eigenvalue weighted by molar-refractivity contribution is 0.879. The van der Waals surface area contributed by atoms with Gasteiger partial charge in [-0.25, -0.2) is 4.68 Å². The number of aromatic nitrogens is 2. The average molecular weight is 182 g/mol. The highest BCUT2D eigenvalue weighted by molar-refractivity contribution is 5.46. The minimum Gasteiger partial charge on any atom is -0.241 e. The lowest BCUT2D eigenvalue weighted by atomic mass is 10.1. The van der Waals surface area contributed by atoms with E-state index < -0.39 is 0 Å². The van der Waals surface area contributed by atoms with Crippen LogP contribution in [-0.2, 0) is 0 Å². The SMILES string of the molecule is C#Cc1ccc(-n2cccn2)cc1C. The van der Waals surface area contributed by atoms with E-state index in [1.165, 1.54) is 0 Å². The number of nitrogens with zero attached hydrogens (tertiary/aromatic N) is 2. The minimum absolute atomic E-state index is 0.931. The van der Waals surface area contributed by atoms with Crippen molar-refractivity contribution >= 4 is 0 Å². The molecule has 2 aromatic rings. The molecule has 68 valence electrons. The molecule has 0 radical (unpaired) electrons. The summed E-state index contributed by atoms with van der Waals surface area (Å²) >= 11 is 0. The van der Waals surface area contributed by atoms with Crippen molar-refractivity contribution in [3.8, 4) is 18.0 Å². The van der Waals surface area contributed by atoms with Gasteiger partial charge in [0, 0.05) is 18.0 Å². The molecular weight excluding hydrogens is 172 g/mol. The Morgan fingerprint density at radius 1 is 1.43 bits per heavy atom. The zero-order valence-corrected chi connectivity index (χ0v) is 7.94. The zero-order valence-electron chi connectivity index (χ0n) is 7.94. The van der Waals surface area contributed by atoms with Crippen LogP contribution in [0.3, 0.4) is 0 Å². The third kappa shape index (κ3) is 1.40. The van der Waals surface area contributed by atoms with Gasteiger partial charge in [-0.15, -0.1) is 6.42 Å². The van der Waals surface area contributed by atoms with Crippen LogP contribution in [-0.4, -0.2) is 9.78 Å². The van der Waals surface area contributed by atoms with E-state index in [0.29, 0.717) is 0 Å². The smallest absolute Gasteiger partial charge is 0.0649 e. The Morgan fingerprint density at radius 3 is 2.86 bits per heavy atom. The number of rotatable bonds is 1. The van der Waals surface area contributed by atoms with E-state index in [4.69, 9.17) is 6.42 Å². The molecule has 1 aromatic heterocycles. The third-order valence-electron chi connectivity index (χ3n) is 2.13. The van der Waals surface area contributed by atoms with Crippen LogP contribution in [0, 0.1) is 19.3 Å². The molecule has 2 nitrogen and oxygen atoms in total. The predicted molar refractivity (Wildman–Crippen MR) is 56.2 cm³/mol. The van der Waals surface area contributed by atoms with Crippen LogP contribution >= 0.6 is 0 Å². The second kappa shape index (κ2) is 3.39. The quantitative estimate of drug-likeness (QED) is 0.618. The van der Waals surface area contributed by atoms with Gasteiger partial charge < -0.3 is 0 Å². The highest BCUT2D eigenvalue weighted by Crippen LogP contribution is 2.12. The monoisotopic (exact) mass is 182 g/mol. The second-order valence-electron chi connectivity index (χ2n) is 3.09. The van der Waals surface area contributed by atoms with E-state index in [1.54, 1.807) is 6.20 Å². The molecule has 14 heavy (non-hydrogen) atoms. The fraction of sp³-hybridized carbons (Fsp3) is 0.0833. The molecule has 0 aliphatic heterocycles. The van der Waals surface area contributed by atoms with Gasteiger partial charge in [0.2, 0.25) is 0 Å². The molecule has 0 saturated heterocycles. The maximum atomic E-state index is 5.35. The van der Waals surface area contributed by atoms with Crippen LogP contribution in [0.15, 0.2) is 36.7 Å². The molecule has 0 amide bonds. The van der Waals surface area contributed by atoms with Gasteiger partial charge in [-0.1, -0.05) is 5.92 Å². The van der Waals surface area contributed by atoms with Gasteiger partial charge in [0.05, 0.1) is 5.69 Å². The van der Waals surface area contributed by atoms with E-state index in [2.05, 4.69) is 11.0 Å². The summed E-state index contributed by atoms with van der Waals surface area (Å²) < 4.78 is 1.81. The lowest BCUT2D eigenvalue weighted by Crippen LogP contribution is -1.95. The predicted octanol–water partition coefficient (Wildman–Crippen LogP) is 2.16. The summed E-state index contributed by atoms with van der Waals surface area (Å²) in [5.74, 6) is 2.64. The number of hydrogen-bond acceptors (Lipinski definition) is 1. The van der Waals surface area contributed by atoms with Crippen LogP contribution in [0.1, 0.15) is 11.1 Å². The molecule has 1 aromatic carbocycles. The minimum atomic E-state index is 0.931. The van der Waals surface area contributed by atoms with Gasteiger partial charge in [-0.3, -0.25) is 0 Å². The summed E-state index contributed by atoms with van der Waals surface area (Å²) in [5, 5.41) is 4.15. The van der Waals surface area contributed by atoms with Crippen molar-refractivity contribution in [1.82, 2.24) is 9.78 Å². The van der Waals surface area contributed by atoms with Crippen molar-refractivity contribution in [3.05, 3.63) is 47.8 Å². The molecule has 0 spiro atoms. The van der Waals surface area contributed by atoms with Crippen molar-refractivity contribution in [2.75, 3.05) is 0 Å². The van der Waals surface area contributed by atoms with Crippen molar-refractivity contribution < 1.29 is 0 Å². The van der Waals surface area contributed by atoms with Crippen LogP contribution < -0.4 is 0 Å². The standard InChI is InChI=1S/C12H10N2/c1-3-11-5-6-12(9-10(11)2)14-8-4-7-13-14/h1,4-9H,2H3. The summed E-state index contributed by atoms with van der Waals surface area (Å²) in [4.78, 5) is 0. The molecule has 2 heteroatoms. The first kappa shape index (κ1) is 8.58. The molecule has 0 saturated carbocycles. The number of hydrogen-bond donors (Lipinski definition) is 0. The zero-order chi connectivity index (χ0) is 9.97. The van der Waals surface area contributed by atoms with Gasteiger partial charge >= 0.3 is 0 Å². The van der Waals surface area contributed by atoms with Gasteiger partial charge in [0.25, 0.3) is 0 Å². The molecular formula is C12H10N2. The van der Waals surface area contributed by atoms with Crippen molar-refractivity contribution in [1.29, 1.82) is 0 Å². The largest absolute Gasteiger partial charge is 0.241 e. The van der Waals surface area contributed by atoms with Gasteiger partial charge in [0.15, 0.2) is 0 Å². The second-order valence-corrected chi connectivity index (χ2v) is 3.09. The first-order valence-corrected chi connectivity index (χ1v) is 4.38. The fourth-order valence-electron chi connectivity index (χ4n) is 1.37. The van der Waals surface area contributed by atoms with Crippen molar-refractivity contribution in [2.24, 2.45) is 0 Å². The summed E-state index contributed by atoms with van der Waals surface area (Å²) in [7, 11) is 0. The normalized spacial score (nSPS) is 9.71. The Hall–Kier alpha value is -2.01. The summed E-state index contributed by atoms with van der Waals surface area (Å²) in [6, 6.07) is 7.83. The number of terminal acetylenes is 1. The Balaban J connectivity index is 2.49. The van der Waals surface area contributed by atoms with Crippen LogP contribution in [0.2, 0.25) is 0 Å². The van der Waals surface area contributed by atoms with Gasteiger partial charge in [-0.05, 0) is 36.8 Å². The van der Waals surface area contributed by atoms with Crippen LogP contribution in [0.4, 0.5) is 0 Å². The Morgan fingerprint density at radius 2 is 2.29 bits per heavy atom. The van der Waals surface area contributed by atoms with Crippen LogP contribution in [0.5, 0.6) is 0 Å². The molecule has 0 atom stereocenters. The third-order valence-corrected chi connectivity index (χ3v) is 2.13. The van der Waals surface area contributed by atoms with E-state index in [0.717, 1.165) is 16.8 Å². The fourth-order valence-corrected chi connectivity index (χ4v) is 1.37. The molecule has 0 bridgehead atoms. The Bertz CT molecular complexity index is 476. The maximum absolute atomic E-state index is 5.35. The maximum Gasteiger partial charge on any atom is 0.0649 e. The first-order chi connectivity index (χ1) is 6.81. The summed E-state index contributed by atoms with van der Waals surface area (Å²) in [6.45, 7) is 2.00. The van der Waals surface area contributed by atoms with Gasteiger partial charge in [-0.2, -0.15) is 5.10 Å². The highest BCUT2D eigenvalue weighted by atomic mass is 15.3. The van der Waals surface area contributed by atoms with E-state index >= 15 is 0 Å². The molecule has 0 N–H and O–H groups in total. The first-order valence-electron chi connectivity index (χ1n) is 4.38. The Kier molecular flexibility index (Phi) is 2.08. The number of aryl methyl sites for hydroxylation is 1. The van der Waals surface area contributed by atoms with Crippen LogP contribution in [0.25, 0.3) is 5.69 Å².